The molecule has 5 rings (SSSR count). The van der Waals surface area contributed by atoms with Gasteiger partial charge in [0.25, 0.3) is 0 Å². The molecular formula is C32H24N2O6. The van der Waals surface area contributed by atoms with Gasteiger partial charge in [-0.05, 0) is 83.9 Å². The molecule has 0 heterocycles. The van der Waals surface area contributed by atoms with E-state index in [1.165, 1.54) is 61.0 Å². The minimum absolute atomic E-state index is 0.00169. The molecule has 0 aliphatic heterocycles. The number of aliphatic imine (C=N–C) groups is 2. The molecule has 8 nitrogen and oxygen atoms in total. The number of nitrogens with zero attached hydrogens (tertiary/aromatic N) is 2. The fourth-order valence-electron chi connectivity index (χ4n) is 4.12. The van der Waals surface area contributed by atoms with E-state index in [1.807, 2.05) is 0 Å². The third-order valence-electron chi connectivity index (χ3n) is 6.20. The minimum atomic E-state index is -0.0231. The highest BCUT2D eigenvalue weighted by molar-refractivity contribution is 5.92. The number of phenolic OH excluding ortho intramolecular Hbond substituents is 6. The maximum absolute atomic E-state index is 10.4. The summed E-state index contributed by atoms with van der Waals surface area (Å²) in [6.45, 7) is 0. The summed E-state index contributed by atoms with van der Waals surface area (Å²) in [7, 11) is 0. The lowest BCUT2D eigenvalue weighted by atomic mass is 10.0. The molecule has 0 saturated carbocycles. The zero-order valence-electron chi connectivity index (χ0n) is 21.0. The van der Waals surface area contributed by atoms with Gasteiger partial charge in [-0.25, -0.2) is 0 Å². The predicted molar refractivity (Wildman–Crippen MR) is 155 cm³/mol. The summed E-state index contributed by atoms with van der Waals surface area (Å²) in [5.74, 6) is -0.0817. The summed E-state index contributed by atoms with van der Waals surface area (Å²) in [6.07, 6.45) is 2.94. The van der Waals surface area contributed by atoms with Crippen molar-refractivity contribution in [1.82, 2.24) is 0 Å². The topological polar surface area (TPSA) is 146 Å². The Hall–Kier alpha value is -5.76. The number of rotatable bonds is 6. The molecule has 0 bridgehead atoms. The summed E-state index contributed by atoms with van der Waals surface area (Å²) in [6, 6.07) is 24.9. The van der Waals surface area contributed by atoms with Crippen LogP contribution in [0.3, 0.4) is 0 Å². The van der Waals surface area contributed by atoms with Gasteiger partial charge in [0, 0.05) is 34.7 Å². The monoisotopic (exact) mass is 532 g/mol. The first-order valence-electron chi connectivity index (χ1n) is 12.2. The van der Waals surface area contributed by atoms with E-state index in [2.05, 4.69) is 9.98 Å². The molecule has 0 aromatic heterocycles. The molecule has 5 aromatic carbocycles. The molecule has 0 aliphatic carbocycles. The van der Waals surface area contributed by atoms with Crippen molar-refractivity contribution in [3.8, 4) is 56.8 Å². The smallest absolute Gasteiger partial charge is 0.124 e. The molecule has 0 unspecified atom stereocenters. The number of aromatic hydroxyl groups is 6. The van der Waals surface area contributed by atoms with E-state index in [0.29, 0.717) is 44.8 Å². The minimum Gasteiger partial charge on any atom is -0.508 e. The van der Waals surface area contributed by atoms with Crippen LogP contribution >= 0.6 is 0 Å². The van der Waals surface area contributed by atoms with E-state index in [9.17, 15) is 30.6 Å². The van der Waals surface area contributed by atoms with Crippen molar-refractivity contribution in [1.29, 1.82) is 0 Å². The van der Waals surface area contributed by atoms with Gasteiger partial charge in [-0.15, -0.1) is 0 Å². The second-order valence-electron chi connectivity index (χ2n) is 8.96. The average molecular weight is 533 g/mol. The predicted octanol–water partition coefficient (Wildman–Crippen LogP) is 6.76. The van der Waals surface area contributed by atoms with Crippen LogP contribution < -0.4 is 0 Å². The van der Waals surface area contributed by atoms with Crippen molar-refractivity contribution in [2.45, 2.75) is 0 Å². The second-order valence-corrected chi connectivity index (χ2v) is 8.96. The summed E-state index contributed by atoms with van der Waals surface area (Å²) in [5.41, 5.74) is 3.71. The van der Waals surface area contributed by atoms with Crippen LogP contribution in [0.4, 0.5) is 11.4 Å². The van der Waals surface area contributed by atoms with Crippen LogP contribution in [0, 0.1) is 0 Å². The van der Waals surface area contributed by atoms with Crippen molar-refractivity contribution < 1.29 is 30.6 Å². The number of hydrogen-bond acceptors (Lipinski definition) is 8. The van der Waals surface area contributed by atoms with Crippen LogP contribution in [-0.4, -0.2) is 43.1 Å². The number of para-hydroxylation sites is 2. The summed E-state index contributed by atoms with van der Waals surface area (Å²) in [5, 5.41) is 60.8. The zero-order chi connectivity index (χ0) is 28.2. The van der Waals surface area contributed by atoms with E-state index >= 15 is 0 Å². The van der Waals surface area contributed by atoms with Crippen LogP contribution in [0.1, 0.15) is 11.1 Å². The lowest BCUT2D eigenvalue weighted by molar-refractivity contribution is 0.462. The molecule has 0 amide bonds. The average Bonchev–Trinajstić information content (AvgIpc) is 2.95. The highest BCUT2D eigenvalue weighted by atomic mass is 16.3. The van der Waals surface area contributed by atoms with Gasteiger partial charge in [0.2, 0.25) is 0 Å². The van der Waals surface area contributed by atoms with E-state index in [-0.39, 0.29) is 34.5 Å². The third kappa shape index (κ3) is 5.56. The first-order valence-corrected chi connectivity index (χ1v) is 12.2. The lowest BCUT2D eigenvalue weighted by Crippen LogP contribution is -1.87. The Bertz CT molecular complexity index is 1650. The van der Waals surface area contributed by atoms with Gasteiger partial charge < -0.3 is 30.6 Å². The Labute approximate surface area is 229 Å². The van der Waals surface area contributed by atoms with E-state index in [0.717, 1.165) is 0 Å². The summed E-state index contributed by atoms with van der Waals surface area (Å²) in [4.78, 5) is 9.00. The molecule has 0 radical (unpaired) electrons. The quantitative estimate of drug-likeness (QED) is 0.105. The fraction of sp³-hybridized carbons (Fsp3) is 0. The largest absolute Gasteiger partial charge is 0.508 e. The molecule has 5 aromatic rings. The number of phenols is 6. The van der Waals surface area contributed by atoms with Gasteiger partial charge in [0.1, 0.15) is 34.5 Å². The van der Waals surface area contributed by atoms with Gasteiger partial charge in [-0.2, -0.15) is 0 Å². The first-order chi connectivity index (χ1) is 19.3. The highest BCUT2D eigenvalue weighted by Crippen LogP contribution is 2.36. The molecule has 0 fully saturated rings. The van der Waals surface area contributed by atoms with Gasteiger partial charge >= 0.3 is 0 Å². The van der Waals surface area contributed by atoms with Crippen LogP contribution in [-0.2, 0) is 0 Å². The maximum atomic E-state index is 10.4. The van der Waals surface area contributed by atoms with Crippen LogP contribution in [0.15, 0.2) is 107 Å². The third-order valence-corrected chi connectivity index (χ3v) is 6.20. The highest BCUT2D eigenvalue weighted by Gasteiger charge is 2.10. The molecule has 6 N–H and O–H groups in total. The Balaban J connectivity index is 1.45. The second kappa shape index (κ2) is 10.9. The summed E-state index contributed by atoms with van der Waals surface area (Å²) >= 11 is 0. The van der Waals surface area contributed by atoms with Crippen molar-refractivity contribution in [2.24, 2.45) is 9.98 Å². The normalized spacial score (nSPS) is 11.4. The molecule has 8 heteroatoms. The first kappa shape index (κ1) is 25.9. The van der Waals surface area contributed by atoms with Crippen molar-refractivity contribution >= 4 is 23.8 Å². The fourth-order valence-corrected chi connectivity index (χ4v) is 4.12. The van der Waals surface area contributed by atoms with E-state index < -0.39 is 0 Å². The van der Waals surface area contributed by atoms with Gasteiger partial charge in [0.15, 0.2) is 0 Å². The molecular weight excluding hydrogens is 508 g/mol. The zero-order valence-corrected chi connectivity index (χ0v) is 21.0. The molecule has 0 atom stereocenters. The SMILES string of the molecule is Oc1ccc(O)c(-c2ccc(O)c(C=Nc3ccccc3N=Cc3cc(-c4cc(O)ccc4O)ccc3O)c2)c1. The van der Waals surface area contributed by atoms with Gasteiger partial charge in [-0.3, -0.25) is 9.98 Å². The van der Waals surface area contributed by atoms with Crippen molar-refractivity contribution in [2.75, 3.05) is 0 Å². The van der Waals surface area contributed by atoms with Crippen LogP contribution in [0.25, 0.3) is 22.3 Å². The van der Waals surface area contributed by atoms with E-state index in [4.69, 9.17) is 0 Å². The van der Waals surface area contributed by atoms with Crippen LogP contribution in [0.2, 0.25) is 0 Å². The Morgan fingerprint density at radius 1 is 0.425 bits per heavy atom. The van der Waals surface area contributed by atoms with Crippen molar-refractivity contribution in [3.05, 3.63) is 108 Å². The standard InChI is InChI=1S/C32H24N2O6/c35-23-7-11-31(39)25(15-23)19-5-9-29(37)21(13-19)17-33-27-3-1-2-4-28(27)34-18-22-14-20(6-10-30(22)38)26-16-24(36)8-12-32(26)40/h1-18,35-40H. The molecule has 198 valence electrons. The molecule has 0 aliphatic rings. The number of hydrogen-bond donors (Lipinski definition) is 6. The van der Waals surface area contributed by atoms with Gasteiger partial charge in [-0.1, -0.05) is 24.3 Å². The Kier molecular flexibility index (Phi) is 7.07. The van der Waals surface area contributed by atoms with Crippen LogP contribution in [0.5, 0.6) is 34.5 Å². The Morgan fingerprint density at radius 3 is 1.25 bits per heavy atom. The number of benzene rings is 5. The lowest BCUT2D eigenvalue weighted by Gasteiger charge is -2.08. The molecule has 40 heavy (non-hydrogen) atoms. The van der Waals surface area contributed by atoms with Crippen molar-refractivity contribution in [3.63, 3.8) is 0 Å². The summed E-state index contributed by atoms with van der Waals surface area (Å²) < 4.78 is 0. The van der Waals surface area contributed by atoms with Gasteiger partial charge in [0.05, 0.1) is 11.4 Å². The van der Waals surface area contributed by atoms with E-state index in [1.54, 1.807) is 48.5 Å². The maximum Gasteiger partial charge on any atom is 0.124 e. The molecule has 0 spiro atoms. The Morgan fingerprint density at radius 2 is 0.825 bits per heavy atom. The molecule has 0 saturated heterocycles.